The fourth-order valence-corrected chi connectivity index (χ4v) is 2.29. The number of hydrogen-bond acceptors (Lipinski definition) is 4. The van der Waals surface area contributed by atoms with Gasteiger partial charge in [0.1, 0.15) is 6.04 Å². The van der Waals surface area contributed by atoms with Crippen LogP contribution in [0.4, 0.5) is 14.5 Å². The summed E-state index contributed by atoms with van der Waals surface area (Å²) >= 11 is 0. The second-order valence-electron chi connectivity index (χ2n) is 5.58. The topological polar surface area (TPSA) is 115 Å². The van der Waals surface area contributed by atoms with Gasteiger partial charge in [-0.15, -0.1) is 0 Å². The van der Waals surface area contributed by atoms with Gasteiger partial charge in [0.15, 0.2) is 11.6 Å². The summed E-state index contributed by atoms with van der Waals surface area (Å²) in [4.78, 5) is 33.7. The summed E-state index contributed by atoms with van der Waals surface area (Å²) in [6, 6.07) is 7.46. The molecule has 0 saturated carbocycles. The summed E-state index contributed by atoms with van der Waals surface area (Å²) in [6.45, 7) is 0. The molecule has 7 nitrogen and oxygen atoms in total. The molecule has 136 valence electrons. The normalized spacial score (nSPS) is 11.6. The lowest BCUT2D eigenvalue weighted by Gasteiger charge is -2.15. The van der Waals surface area contributed by atoms with Crippen LogP contribution in [0, 0.1) is 21.7 Å². The molecule has 0 bridgehead atoms. The quantitative estimate of drug-likeness (QED) is 0.574. The van der Waals surface area contributed by atoms with E-state index in [4.69, 9.17) is 5.73 Å². The summed E-state index contributed by atoms with van der Waals surface area (Å²) in [6.07, 6.45) is -0.224. The van der Waals surface area contributed by atoms with E-state index in [1.54, 1.807) is 0 Å². The molecular weight excluding hydrogens is 348 g/mol. The standard InChI is InChI=1S/C17H15F2N3O4/c18-13-6-3-11(7-14(13)19)9-16(23)21-15(17(20)24)8-10-1-4-12(5-2-10)22(25)26/h1-7,15H,8-9H2,(H2,20,24)(H,21,23)/t15-/m0/s1. The molecule has 0 saturated heterocycles. The van der Waals surface area contributed by atoms with Gasteiger partial charge < -0.3 is 11.1 Å². The van der Waals surface area contributed by atoms with E-state index in [0.29, 0.717) is 5.56 Å². The van der Waals surface area contributed by atoms with Crippen LogP contribution < -0.4 is 11.1 Å². The molecule has 0 unspecified atom stereocenters. The van der Waals surface area contributed by atoms with Gasteiger partial charge in [0.05, 0.1) is 11.3 Å². The second kappa shape index (κ2) is 8.15. The van der Waals surface area contributed by atoms with Crippen LogP contribution in [0.2, 0.25) is 0 Å². The highest BCUT2D eigenvalue weighted by molar-refractivity contribution is 5.87. The van der Waals surface area contributed by atoms with Gasteiger partial charge >= 0.3 is 0 Å². The first-order chi connectivity index (χ1) is 12.3. The van der Waals surface area contributed by atoms with Gasteiger partial charge in [0, 0.05) is 18.6 Å². The lowest BCUT2D eigenvalue weighted by Crippen LogP contribution is -2.46. The Balaban J connectivity index is 2.02. The van der Waals surface area contributed by atoms with E-state index in [-0.39, 0.29) is 24.1 Å². The summed E-state index contributed by atoms with van der Waals surface area (Å²) in [5, 5.41) is 13.1. The Labute approximate surface area is 147 Å². The second-order valence-corrected chi connectivity index (χ2v) is 5.58. The molecule has 2 aromatic carbocycles. The van der Waals surface area contributed by atoms with Crippen LogP contribution in [0.25, 0.3) is 0 Å². The summed E-state index contributed by atoms with van der Waals surface area (Å²) in [5.74, 6) is -3.49. The van der Waals surface area contributed by atoms with Gasteiger partial charge in [-0.1, -0.05) is 18.2 Å². The van der Waals surface area contributed by atoms with E-state index < -0.39 is 34.4 Å². The molecule has 1 atom stereocenters. The molecule has 2 aromatic rings. The zero-order valence-corrected chi connectivity index (χ0v) is 13.4. The van der Waals surface area contributed by atoms with Crippen molar-refractivity contribution in [1.29, 1.82) is 0 Å². The molecule has 0 spiro atoms. The highest BCUT2D eigenvalue weighted by atomic mass is 19.2. The van der Waals surface area contributed by atoms with Crippen molar-refractivity contribution >= 4 is 17.5 Å². The van der Waals surface area contributed by atoms with Crippen LogP contribution >= 0.6 is 0 Å². The molecule has 26 heavy (non-hydrogen) atoms. The van der Waals surface area contributed by atoms with Crippen LogP contribution in [-0.2, 0) is 22.4 Å². The Hall–Kier alpha value is -3.36. The van der Waals surface area contributed by atoms with Crippen LogP contribution in [-0.4, -0.2) is 22.8 Å². The predicted octanol–water partition coefficient (Wildman–Crippen LogP) is 1.63. The highest BCUT2D eigenvalue weighted by Crippen LogP contribution is 2.14. The van der Waals surface area contributed by atoms with Crippen molar-refractivity contribution in [3.05, 3.63) is 75.3 Å². The third-order valence-corrected chi connectivity index (χ3v) is 3.61. The Morgan fingerprint density at radius 2 is 1.69 bits per heavy atom. The van der Waals surface area contributed by atoms with Gasteiger partial charge in [-0.2, -0.15) is 0 Å². The van der Waals surface area contributed by atoms with Crippen LogP contribution in [0.1, 0.15) is 11.1 Å². The fourth-order valence-electron chi connectivity index (χ4n) is 2.29. The Kier molecular flexibility index (Phi) is 5.94. The molecule has 0 aromatic heterocycles. The number of nitrogens with one attached hydrogen (secondary N) is 1. The van der Waals surface area contributed by atoms with Crippen LogP contribution in [0.3, 0.4) is 0 Å². The van der Waals surface area contributed by atoms with Crippen molar-refractivity contribution in [2.75, 3.05) is 0 Å². The van der Waals surface area contributed by atoms with E-state index in [9.17, 15) is 28.5 Å². The third-order valence-electron chi connectivity index (χ3n) is 3.61. The van der Waals surface area contributed by atoms with Gasteiger partial charge in [0.2, 0.25) is 11.8 Å². The van der Waals surface area contributed by atoms with Crippen molar-refractivity contribution in [2.45, 2.75) is 18.9 Å². The minimum Gasteiger partial charge on any atom is -0.368 e. The number of benzene rings is 2. The number of halogens is 2. The van der Waals surface area contributed by atoms with Crippen molar-refractivity contribution in [1.82, 2.24) is 5.32 Å². The Morgan fingerprint density at radius 1 is 1.08 bits per heavy atom. The Bertz CT molecular complexity index is 840. The highest BCUT2D eigenvalue weighted by Gasteiger charge is 2.19. The number of primary amides is 1. The zero-order chi connectivity index (χ0) is 19.3. The zero-order valence-electron chi connectivity index (χ0n) is 13.4. The molecular formula is C17H15F2N3O4. The first-order valence-corrected chi connectivity index (χ1v) is 7.52. The number of non-ortho nitro benzene ring substituents is 1. The van der Waals surface area contributed by atoms with Gasteiger partial charge in [-0.3, -0.25) is 19.7 Å². The molecule has 0 aliphatic carbocycles. The molecule has 0 heterocycles. The molecule has 0 fully saturated rings. The number of nitro benzene ring substituents is 1. The lowest BCUT2D eigenvalue weighted by molar-refractivity contribution is -0.384. The summed E-state index contributed by atoms with van der Waals surface area (Å²) in [7, 11) is 0. The van der Waals surface area contributed by atoms with Gasteiger partial charge in [-0.05, 0) is 23.3 Å². The molecule has 9 heteroatoms. The first-order valence-electron chi connectivity index (χ1n) is 7.52. The number of rotatable bonds is 7. The summed E-state index contributed by atoms with van der Waals surface area (Å²) < 4.78 is 26.1. The number of nitrogens with two attached hydrogens (primary N) is 1. The van der Waals surface area contributed by atoms with Crippen molar-refractivity contribution in [3.63, 3.8) is 0 Å². The van der Waals surface area contributed by atoms with E-state index in [1.165, 1.54) is 30.3 Å². The van der Waals surface area contributed by atoms with E-state index in [0.717, 1.165) is 12.1 Å². The average molecular weight is 363 g/mol. The Morgan fingerprint density at radius 3 is 2.23 bits per heavy atom. The maximum absolute atomic E-state index is 13.2. The monoisotopic (exact) mass is 363 g/mol. The predicted molar refractivity (Wildman–Crippen MR) is 88.0 cm³/mol. The van der Waals surface area contributed by atoms with Crippen LogP contribution in [0.5, 0.6) is 0 Å². The van der Waals surface area contributed by atoms with Crippen molar-refractivity contribution in [3.8, 4) is 0 Å². The molecule has 3 N–H and O–H groups in total. The largest absolute Gasteiger partial charge is 0.368 e. The molecule has 0 aliphatic heterocycles. The molecule has 0 radical (unpaired) electrons. The molecule has 0 aliphatic rings. The van der Waals surface area contributed by atoms with Gasteiger partial charge in [0.25, 0.3) is 5.69 Å². The average Bonchev–Trinajstić information content (AvgIpc) is 2.58. The van der Waals surface area contributed by atoms with Crippen molar-refractivity contribution < 1.29 is 23.3 Å². The number of carbonyl (C=O) groups is 2. The maximum atomic E-state index is 13.2. The van der Waals surface area contributed by atoms with Crippen molar-refractivity contribution in [2.24, 2.45) is 5.73 Å². The number of amides is 2. The summed E-state index contributed by atoms with van der Waals surface area (Å²) in [5.41, 5.74) is 5.97. The minimum atomic E-state index is -1.08. The number of nitro groups is 1. The SMILES string of the molecule is NC(=O)[C@H](Cc1ccc([N+](=O)[O-])cc1)NC(=O)Cc1ccc(F)c(F)c1. The fraction of sp³-hybridized carbons (Fsp3) is 0.176. The third kappa shape index (κ3) is 5.07. The number of carbonyl (C=O) groups excluding carboxylic acids is 2. The maximum Gasteiger partial charge on any atom is 0.269 e. The lowest BCUT2D eigenvalue weighted by atomic mass is 10.0. The number of hydrogen-bond donors (Lipinski definition) is 2. The number of nitrogens with zero attached hydrogens (tertiary/aromatic N) is 1. The smallest absolute Gasteiger partial charge is 0.269 e. The molecule has 2 amide bonds. The van der Waals surface area contributed by atoms with Crippen LogP contribution in [0.15, 0.2) is 42.5 Å². The minimum absolute atomic E-state index is 0.0385. The van der Waals surface area contributed by atoms with E-state index in [1.807, 2.05) is 0 Å². The van der Waals surface area contributed by atoms with E-state index >= 15 is 0 Å². The first kappa shape index (κ1) is 19.0. The van der Waals surface area contributed by atoms with Gasteiger partial charge in [-0.25, -0.2) is 8.78 Å². The van der Waals surface area contributed by atoms with E-state index in [2.05, 4.69) is 5.32 Å². The molecule has 2 rings (SSSR count).